The second-order valence-electron chi connectivity index (χ2n) is 3.61. The Morgan fingerprint density at radius 2 is 2.29 bits per heavy atom. The number of carbonyl (C=O) groups excluding carboxylic acids is 1. The summed E-state index contributed by atoms with van der Waals surface area (Å²) in [6, 6.07) is 1.62. The zero-order valence-electron chi connectivity index (χ0n) is 9.98. The molecule has 0 saturated carbocycles. The van der Waals surface area contributed by atoms with Gasteiger partial charge in [-0.05, 0) is 12.8 Å². The SMILES string of the molecule is CCCCC(Oc1cncc(Cl)c1)C(=O)OC. The van der Waals surface area contributed by atoms with Crippen LogP contribution in [0.15, 0.2) is 18.5 Å². The normalized spacial score (nSPS) is 11.9. The molecule has 4 nitrogen and oxygen atoms in total. The molecule has 0 amide bonds. The van der Waals surface area contributed by atoms with Crippen molar-refractivity contribution in [1.29, 1.82) is 0 Å². The van der Waals surface area contributed by atoms with E-state index in [1.807, 2.05) is 0 Å². The predicted molar refractivity (Wildman–Crippen MR) is 65.2 cm³/mol. The number of hydrogen-bond donors (Lipinski definition) is 0. The summed E-state index contributed by atoms with van der Waals surface area (Å²) >= 11 is 5.79. The van der Waals surface area contributed by atoms with E-state index in [-0.39, 0.29) is 5.97 Å². The molecule has 0 aliphatic carbocycles. The Morgan fingerprint density at radius 3 is 2.88 bits per heavy atom. The molecule has 0 aliphatic heterocycles. The molecule has 1 unspecified atom stereocenters. The summed E-state index contributed by atoms with van der Waals surface area (Å²) in [6.45, 7) is 2.05. The van der Waals surface area contributed by atoms with Crippen LogP contribution in [0.3, 0.4) is 0 Å². The van der Waals surface area contributed by atoms with Crippen LogP contribution in [0.25, 0.3) is 0 Å². The number of aromatic nitrogens is 1. The highest BCUT2D eigenvalue weighted by Gasteiger charge is 2.20. The highest BCUT2D eigenvalue weighted by Crippen LogP contribution is 2.18. The van der Waals surface area contributed by atoms with Gasteiger partial charge in [0, 0.05) is 12.3 Å². The molecule has 1 aromatic heterocycles. The maximum Gasteiger partial charge on any atom is 0.347 e. The molecule has 94 valence electrons. The first-order chi connectivity index (χ1) is 8.17. The average Bonchev–Trinajstić information content (AvgIpc) is 2.33. The summed E-state index contributed by atoms with van der Waals surface area (Å²) in [6.07, 6.45) is 4.94. The topological polar surface area (TPSA) is 48.4 Å². The molecule has 0 spiro atoms. The van der Waals surface area contributed by atoms with Crippen molar-refractivity contribution in [2.75, 3.05) is 7.11 Å². The standard InChI is InChI=1S/C12H16ClNO3/c1-3-4-5-11(12(15)16-2)17-10-6-9(13)7-14-8-10/h6-8,11H,3-5H2,1-2H3. The monoisotopic (exact) mass is 257 g/mol. The van der Waals surface area contributed by atoms with Crippen LogP contribution in [-0.2, 0) is 9.53 Å². The lowest BCUT2D eigenvalue weighted by molar-refractivity contribution is -0.149. The molecule has 17 heavy (non-hydrogen) atoms. The van der Waals surface area contributed by atoms with E-state index in [0.29, 0.717) is 17.2 Å². The largest absolute Gasteiger partial charge is 0.477 e. The van der Waals surface area contributed by atoms with Gasteiger partial charge in [-0.3, -0.25) is 4.98 Å². The van der Waals surface area contributed by atoms with E-state index in [1.54, 1.807) is 6.07 Å². The molecule has 0 N–H and O–H groups in total. The molecule has 1 rings (SSSR count). The van der Waals surface area contributed by atoms with Crippen molar-refractivity contribution in [2.45, 2.75) is 32.3 Å². The third-order valence-corrected chi connectivity index (χ3v) is 2.45. The highest BCUT2D eigenvalue weighted by atomic mass is 35.5. The van der Waals surface area contributed by atoms with Crippen molar-refractivity contribution in [3.05, 3.63) is 23.5 Å². The van der Waals surface area contributed by atoms with Gasteiger partial charge >= 0.3 is 5.97 Å². The van der Waals surface area contributed by atoms with E-state index < -0.39 is 6.10 Å². The van der Waals surface area contributed by atoms with Crippen LogP contribution >= 0.6 is 11.6 Å². The molecule has 0 bridgehead atoms. The summed E-state index contributed by atoms with van der Waals surface area (Å²) < 4.78 is 10.2. The van der Waals surface area contributed by atoms with Crippen LogP contribution in [0.4, 0.5) is 0 Å². The van der Waals surface area contributed by atoms with Gasteiger partial charge in [0.25, 0.3) is 0 Å². The van der Waals surface area contributed by atoms with Crippen molar-refractivity contribution in [3.63, 3.8) is 0 Å². The second-order valence-corrected chi connectivity index (χ2v) is 4.05. The lowest BCUT2D eigenvalue weighted by Crippen LogP contribution is -2.28. The maximum atomic E-state index is 11.5. The Hall–Kier alpha value is -1.29. The number of unbranched alkanes of at least 4 members (excludes halogenated alkanes) is 1. The predicted octanol–water partition coefficient (Wildman–Crippen LogP) is 2.85. The van der Waals surface area contributed by atoms with Crippen molar-refractivity contribution >= 4 is 17.6 Å². The zero-order valence-corrected chi connectivity index (χ0v) is 10.7. The van der Waals surface area contributed by atoms with Crippen molar-refractivity contribution in [1.82, 2.24) is 4.98 Å². The molecule has 1 heterocycles. The Morgan fingerprint density at radius 1 is 1.53 bits per heavy atom. The van der Waals surface area contributed by atoms with Gasteiger partial charge < -0.3 is 9.47 Å². The number of nitrogens with zero attached hydrogens (tertiary/aromatic N) is 1. The van der Waals surface area contributed by atoms with E-state index in [9.17, 15) is 4.79 Å². The molecular formula is C12H16ClNO3. The first-order valence-electron chi connectivity index (χ1n) is 5.52. The summed E-state index contributed by atoms with van der Waals surface area (Å²) in [4.78, 5) is 15.4. The maximum absolute atomic E-state index is 11.5. The molecular weight excluding hydrogens is 242 g/mol. The Kier molecular flexibility index (Phi) is 5.77. The van der Waals surface area contributed by atoms with Gasteiger partial charge in [-0.15, -0.1) is 0 Å². The van der Waals surface area contributed by atoms with Gasteiger partial charge in [0.1, 0.15) is 5.75 Å². The van der Waals surface area contributed by atoms with E-state index in [2.05, 4.69) is 11.9 Å². The molecule has 0 aromatic carbocycles. The summed E-state index contributed by atoms with van der Waals surface area (Å²) in [5.74, 6) is 0.0995. The van der Waals surface area contributed by atoms with Crippen molar-refractivity contribution in [2.24, 2.45) is 0 Å². The zero-order chi connectivity index (χ0) is 12.7. The van der Waals surface area contributed by atoms with Crippen LogP contribution in [-0.4, -0.2) is 24.2 Å². The van der Waals surface area contributed by atoms with E-state index >= 15 is 0 Å². The fraction of sp³-hybridized carbons (Fsp3) is 0.500. The first-order valence-corrected chi connectivity index (χ1v) is 5.90. The van der Waals surface area contributed by atoms with Gasteiger partial charge in [0.2, 0.25) is 0 Å². The van der Waals surface area contributed by atoms with Gasteiger partial charge in [-0.25, -0.2) is 4.79 Å². The van der Waals surface area contributed by atoms with Gasteiger partial charge in [-0.2, -0.15) is 0 Å². The number of ether oxygens (including phenoxy) is 2. The minimum Gasteiger partial charge on any atom is -0.477 e. The Labute approximate surface area is 106 Å². The molecule has 0 saturated heterocycles. The summed E-state index contributed by atoms with van der Waals surface area (Å²) in [5, 5.41) is 0.474. The van der Waals surface area contributed by atoms with Gasteiger partial charge in [-0.1, -0.05) is 24.9 Å². The highest BCUT2D eigenvalue weighted by molar-refractivity contribution is 6.30. The smallest absolute Gasteiger partial charge is 0.347 e. The number of hydrogen-bond acceptors (Lipinski definition) is 4. The van der Waals surface area contributed by atoms with Gasteiger partial charge in [0.15, 0.2) is 6.10 Å². The Bertz CT molecular complexity index is 371. The minimum atomic E-state index is -0.597. The van der Waals surface area contributed by atoms with Crippen molar-refractivity contribution < 1.29 is 14.3 Å². The molecule has 0 radical (unpaired) electrons. The van der Waals surface area contributed by atoms with Crippen LogP contribution < -0.4 is 4.74 Å². The molecule has 1 aromatic rings. The van der Waals surface area contributed by atoms with Gasteiger partial charge in [0.05, 0.1) is 18.3 Å². The molecule has 5 heteroatoms. The molecule has 0 aliphatic rings. The number of esters is 1. The number of pyridine rings is 1. The third-order valence-electron chi connectivity index (χ3n) is 2.24. The lowest BCUT2D eigenvalue weighted by Gasteiger charge is -2.16. The third kappa shape index (κ3) is 4.61. The fourth-order valence-corrected chi connectivity index (χ4v) is 1.53. The summed E-state index contributed by atoms with van der Waals surface area (Å²) in [5.41, 5.74) is 0. The quantitative estimate of drug-likeness (QED) is 0.736. The number of rotatable bonds is 6. The fourth-order valence-electron chi connectivity index (χ4n) is 1.37. The number of carbonyl (C=O) groups is 1. The van der Waals surface area contributed by atoms with Crippen LogP contribution in [0, 0.1) is 0 Å². The van der Waals surface area contributed by atoms with Crippen LogP contribution in [0.2, 0.25) is 5.02 Å². The van der Waals surface area contributed by atoms with E-state index in [4.69, 9.17) is 21.1 Å². The molecule has 0 fully saturated rings. The average molecular weight is 258 g/mol. The Balaban J connectivity index is 2.68. The lowest BCUT2D eigenvalue weighted by atomic mass is 10.1. The second kappa shape index (κ2) is 7.12. The first kappa shape index (κ1) is 13.8. The van der Waals surface area contributed by atoms with Crippen LogP contribution in [0.5, 0.6) is 5.75 Å². The van der Waals surface area contributed by atoms with Crippen LogP contribution in [0.1, 0.15) is 26.2 Å². The van der Waals surface area contributed by atoms with E-state index in [1.165, 1.54) is 19.5 Å². The molecule has 1 atom stereocenters. The van der Waals surface area contributed by atoms with Crippen molar-refractivity contribution in [3.8, 4) is 5.75 Å². The minimum absolute atomic E-state index is 0.376. The number of halogens is 1. The van der Waals surface area contributed by atoms with E-state index in [0.717, 1.165) is 12.8 Å². The number of methoxy groups -OCH3 is 1. The summed E-state index contributed by atoms with van der Waals surface area (Å²) in [7, 11) is 1.35.